The van der Waals surface area contributed by atoms with Gasteiger partial charge in [0.25, 0.3) is 5.91 Å². The third-order valence-corrected chi connectivity index (χ3v) is 8.37. The van der Waals surface area contributed by atoms with Crippen LogP contribution in [0.4, 0.5) is 5.69 Å². The fraction of sp³-hybridized carbons (Fsp3) is 0.433. The number of aryl methyl sites for hydroxylation is 1. The monoisotopic (exact) mass is 517 g/mol. The molecule has 8 nitrogen and oxygen atoms in total. The summed E-state index contributed by atoms with van der Waals surface area (Å²) in [5.41, 5.74) is 4.15. The molecule has 0 radical (unpaired) electrons. The van der Waals surface area contributed by atoms with Gasteiger partial charge in [-0.05, 0) is 80.7 Å². The molecule has 0 spiro atoms. The zero-order chi connectivity index (χ0) is 26.8. The van der Waals surface area contributed by atoms with Crippen molar-refractivity contribution in [3.05, 3.63) is 59.3 Å². The third kappa shape index (κ3) is 5.12. The van der Waals surface area contributed by atoms with Crippen LogP contribution >= 0.6 is 0 Å². The van der Waals surface area contributed by atoms with E-state index >= 15 is 0 Å². The number of carboxylic acid groups (broad SMARTS) is 1. The Balaban J connectivity index is 1.16. The molecule has 8 heteroatoms. The number of methoxy groups -OCH3 is 1. The Morgan fingerprint density at radius 3 is 2.24 bits per heavy atom. The molecule has 5 rings (SSSR count). The van der Waals surface area contributed by atoms with Crippen LogP contribution in [-0.4, -0.2) is 53.0 Å². The first kappa shape index (κ1) is 25.8. The van der Waals surface area contributed by atoms with E-state index < -0.39 is 5.97 Å². The van der Waals surface area contributed by atoms with E-state index in [2.05, 4.69) is 22.4 Å². The summed E-state index contributed by atoms with van der Waals surface area (Å²) in [6.45, 7) is 3.38. The van der Waals surface area contributed by atoms with Crippen molar-refractivity contribution in [1.29, 1.82) is 0 Å². The number of ether oxygens (including phenoxy) is 1. The van der Waals surface area contributed by atoms with Crippen LogP contribution in [0.5, 0.6) is 5.75 Å². The fourth-order valence-electron chi connectivity index (χ4n) is 6.03. The molecule has 0 atom stereocenters. The summed E-state index contributed by atoms with van der Waals surface area (Å²) in [7, 11) is 1.61. The van der Waals surface area contributed by atoms with Crippen molar-refractivity contribution in [3.8, 4) is 5.75 Å². The molecule has 2 aromatic carbocycles. The van der Waals surface area contributed by atoms with Gasteiger partial charge in [-0.3, -0.25) is 14.4 Å². The number of H-pyrrole nitrogens is 1. The van der Waals surface area contributed by atoms with Crippen molar-refractivity contribution >= 4 is 34.4 Å². The number of hydrogen-bond donors (Lipinski definition) is 3. The number of carboxylic acids is 1. The molecule has 1 aliphatic carbocycles. The van der Waals surface area contributed by atoms with Crippen molar-refractivity contribution < 1.29 is 24.2 Å². The number of aliphatic carboxylic acids is 1. The molecule has 200 valence electrons. The van der Waals surface area contributed by atoms with Gasteiger partial charge in [0, 0.05) is 30.1 Å². The first-order valence-corrected chi connectivity index (χ1v) is 13.4. The molecule has 1 saturated carbocycles. The summed E-state index contributed by atoms with van der Waals surface area (Å²) in [6, 6.07) is 13.7. The molecule has 1 aliphatic heterocycles. The Bertz CT molecular complexity index is 1330. The first-order valence-electron chi connectivity index (χ1n) is 13.4. The highest BCUT2D eigenvalue weighted by atomic mass is 16.5. The molecule has 2 heterocycles. The average Bonchev–Trinajstić information content (AvgIpc) is 3.30. The first-order chi connectivity index (χ1) is 18.4. The van der Waals surface area contributed by atoms with Crippen LogP contribution in [0.25, 0.3) is 10.9 Å². The highest BCUT2D eigenvalue weighted by molar-refractivity contribution is 6.08. The number of aromatic amines is 1. The van der Waals surface area contributed by atoms with E-state index in [1.807, 2.05) is 42.2 Å². The lowest BCUT2D eigenvalue weighted by Crippen LogP contribution is -2.42. The standard InChI is InChI=1S/C30H35N3O5/c1-18-24-4-3-5-25(38-2)27(24)32-26(18)28(34)31-23-12-10-19(11-13-23)20-14-16-33(17-15-20)29(35)21-6-8-22(9-7-21)30(36)37/h3-5,10-13,20-22,32H,6-9,14-17H2,1-2H3,(H,31,34)(H,36,37). The molecule has 38 heavy (non-hydrogen) atoms. The van der Waals surface area contributed by atoms with Gasteiger partial charge in [0.05, 0.1) is 18.5 Å². The quantitative estimate of drug-likeness (QED) is 0.409. The number of piperidine rings is 1. The molecule has 3 aromatic rings. The minimum Gasteiger partial charge on any atom is -0.495 e. The molecule has 1 aromatic heterocycles. The van der Waals surface area contributed by atoms with Crippen molar-refractivity contribution in [2.75, 3.05) is 25.5 Å². The fourth-order valence-corrected chi connectivity index (χ4v) is 6.03. The number of rotatable bonds is 6. The van der Waals surface area contributed by atoms with Gasteiger partial charge in [-0.15, -0.1) is 0 Å². The maximum Gasteiger partial charge on any atom is 0.306 e. The maximum absolute atomic E-state index is 13.0. The number of fused-ring (bicyclic) bond motifs is 1. The van der Waals surface area contributed by atoms with E-state index in [4.69, 9.17) is 4.74 Å². The van der Waals surface area contributed by atoms with Crippen molar-refractivity contribution in [3.63, 3.8) is 0 Å². The predicted molar refractivity (Wildman–Crippen MR) is 146 cm³/mol. The molecule has 2 aliphatic rings. The average molecular weight is 518 g/mol. The van der Waals surface area contributed by atoms with Gasteiger partial charge in [0.2, 0.25) is 5.91 Å². The lowest BCUT2D eigenvalue weighted by molar-refractivity contribution is -0.146. The van der Waals surface area contributed by atoms with Gasteiger partial charge in [-0.25, -0.2) is 0 Å². The van der Waals surface area contributed by atoms with E-state index in [0.29, 0.717) is 43.0 Å². The Morgan fingerprint density at radius 1 is 0.947 bits per heavy atom. The van der Waals surface area contributed by atoms with E-state index in [0.717, 1.165) is 48.1 Å². The predicted octanol–water partition coefficient (Wildman–Crippen LogP) is 5.33. The number of likely N-dealkylation sites (tertiary alicyclic amines) is 1. The number of carbonyl (C=O) groups is 3. The summed E-state index contributed by atoms with van der Waals surface area (Å²) in [5.74, 6) is -0.00858. The zero-order valence-electron chi connectivity index (χ0n) is 22.0. The maximum atomic E-state index is 13.0. The van der Waals surface area contributed by atoms with E-state index in [1.54, 1.807) is 7.11 Å². The molecule has 2 fully saturated rings. The largest absolute Gasteiger partial charge is 0.495 e. The van der Waals surface area contributed by atoms with Crippen LogP contribution in [0.15, 0.2) is 42.5 Å². The van der Waals surface area contributed by atoms with Crippen molar-refractivity contribution in [1.82, 2.24) is 9.88 Å². The minimum absolute atomic E-state index is 0.0352. The topological polar surface area (TPSA) is 112 Å². The van der Waals surface area contributed by atoms with Crippen molar-refractivity contribution in [2.24, 2.45) is 11.8 Å². The second kappa shape index (κ2) is 10.9. The number of para-hydroxylation sites is 1. The van der Waals surface area contributed by atoms with Crippen molar-refractivity contribution in [2.45, 2.75) is 51.4 Å². The number of amides is 2. The van der Waals surface area contributed by atoms with Gasteiger partial charge < -0.3 is 25.0 Å². The smallest absolute Gasteiger partial charge is 0.306 e. The second-order valence-electron chi connectivity index (χ2n) is 10.6. The molecular weight excluding hydrogens is 482 g/mol. The van der Waals surface area contributed by atoms with E-state index in [1.165, 1.54) is 5.56 Å². The summed E-state index contributed by atoms with van der Waals surface area (Å²) >= 11 is 0. The number of nitrogens with zero attached hydrogens (tertiary/aromatic N) is 1. The van der Waals surface area contributed by atoms with Crippen LogP contribution in [-0.2, 0) is 9.59 Å². The number of aromatic nitrogens is 1. The Labute approximate surface area is 222 Å². The Hall–Kier alpha value is -3.81. The SMILES string of the molecule is COc1cccc2c(C)c(C(=O)Nc3ccc(C4CCN(C(=O)C5CCC(C(=O)O)CC5)CC4)cc3)[nH]c12. The number of carbonyl (C=O) groups excluding carboxylic acids is 2. The molecule has 0 unspecified atom stereocenters. The van der Waals surface area contributed by atoms with Gasteiger partial charge in [0.15, 0.2) is 0 Å². The van der Waals surface area contributed by atoms with Crippen LogP contribution in [0, 0.1) is 18.8 Å². The van der Waals surface area contributed by atoms with Gasteiger partial charge in [-0.2, -0.15) is 0 Å². The van der Waals surface area contributed by atoms with Gasteiger partial charge >= 0.3 is 5.97 Å². The highest BCUT2D eigenvalue weighted by Crippen LogP contribution is 2.34. The third-order valence-electron chi connectivity index (χ3n) is 8.37. The normalized spacial score (nSPS) is 20.3. The van der Waals surface area contributed by atoms with Gasteiger partial charge in [0.1, 0.15) is 11.4 Å². The van der Waals surface area contributed by atoms with Gasteiger partial charge in [-0.1, -0.05) is 24.3 Å². The number of anilines is 1. The van der Waals surface area contributed by atoms with E-state index in [9.17, 15) is 19.5 Å². The molecule has 3 N–H and O–H groups in total. The summed E-state index contributed by atoms with van der Waals surface area (Å²) in [5, 5.41) is 13.2. The molecule has 0 bridgehead atoms. The van der Waals surface area contributed by atoms with Crippen LogP contribution in [0.2, 0.25) is 0 Å². The van der Waals surface area contributed by atoms with Crippen LogP contribution in [0.3, 0.4) is 0 Å². The Kier molecular flexibility index (Phi) is 7.40. The summed E-state index contributed by atoms with van der Waals surface area (Å²) in [4.78, 5) is 42.4. The number of nitrogens with one attached hydrogen (secondary N) is 2. The number of benzene rings is 2. The molecule has 2 amide bonds. The highest BCUT2D eigenvalue weighted by Gasteiger charge is 2.33. The van der Waals surface area contributed by atoms with E-state index in [-0.39, 0.29) is 23.7 Å². The lowest BCUT2D eigenvalue weighted by atomic mass is 9.81. The Morgan fingerprint density at radius 2 is 1.61 bits per heavy atom. The molecule has 1 saturated heterocycles. The lowest BCUT2D eigenvalue weighted by Gasteiger charge is -2.36. The second-order valence-corrected chi connectivity index (χ2v) is 10.6. The number of hydrogen-bond acceptors (Lipinski definition) is 4. The van der Waals surface area contributed by atoms with Crippen LogP contribution < -0.4 is 10.1 Å². The van der Waals surface area contributed by atoms with Crippen LogP contribution in [0.1, 0.15) is 66.1 Å². The zero-order valence-corrected chi connectivity index (χ0v) is 22.0. The minimum atomic E-state index is -0.740. The molecular formula is C30H35N3O5. The summed E-state index contributed by atoms with van der Waals surface area (Å²) < 4.78 is 5.42. The summed E-state index contributed by atoms with van der Waals surface area (Å²) in [6.07, 6.45) is 4.34.